The molecule has 0 spiro atoms. The van der Waals surface area contributed by atoms with Gasteiger partial charge in [-0.25, -0.2) is 0 Å². The second-order valence-electron chi connectivity index (χ2n) is 6.92. The molecule has 0 aromatic rings. The van der Waals surface area contributed by atoms with E-state index in [-0.39, 0.29) is 0 Å². The van der Waals surface area contributed by atoms with Crippen LogP contribution in [0.15, 0.2) is 0 Å². The van der Waals surface area contributed by atoms with E-state index in [0.717, 1.165) is 17.9 Å². The Hall–Kier alpha value is -0.0800. The predicted molar refractivity (Wildman–Crippen MR) is 83.5 cm³/mol. The van der Waals surface area contributed by atoms with Gasteiger partial charge < -0.3 is 10.2 Å². The van der Waals surface area contributed by atoms with Crippen LogP contribution in [0.25, 0.3) is 0 Å². The van der Waals surface area contributed by atoms with Gasteiger partial charge in [0.05, 0.1) is 0 Å². The summed E-state index contributed by atoms with van der Waals surface area (Å²) in [6.07, 6.45) is 11.5. The van der Waals surface area contributed by atoms with E-state index in [0.29, 0.717) is 0 Å². The van der Waals surface area contributed by atoms with Crippen molar-refractivity contribution in [1.82, 2.24) is 10.2 Å². The van der Waals surface area contributed by atoms with Gasteiger partial charge in [0.15, 0.2) is 0 Å². The van der Waals surface area contributed by atoms with Crippen LogP contribution in [0.5, 0.6) is 0 Å². The van der Waals surface area contributed by atoms with Crippen molar-refractivity contribution in [3.8, 4) is 0 Å². The Morgan fingerprint density at radius 3 is 2.58 bits per heavy atom. The molecule has 0 aromatic carbocycles. The number of nitrogens with one attached hydrogen (secondary N) is 1. The first-order valence-corrected chi connectivity index (χ1v) is 8.75. The summed E-state index contributed by atoms with van der Waals surface area (Å²) in [5.41, 5.74) is 0. The Balaban J connectivity index is 1.63. The molecule has 1 aliphatic carbocycles. The van der Waals surface area contributed by atoms with E-state index < -0.39 is 0 Å². The molecule has 2 atom stereocenters. The van der Waals surface area contributed by atoms with Crippen molar-refractivity contribution in [3.63, 3.8) is 0 Å². The third-order valence-electron chi connectivity index (χ3n) is 5.22. The molecule has 2 fully saturated rings. The Bertz CT molecular complexity index is 235. The fourth-order valence-electron chi connectivity index (χ4n) is 3.91. The zero-order chi connectivity index (χ0) is 13.5. The molecule has 1 saturated heterocycles. The summed E-state index contributed by atoms with van der Waals surface area (Å²) < 4.78 is 0. The molecule has 1 aliphatic heterocycles. The molecule has 19 heavy (non-hydrogen) atoms. The lowest BCUT2D eigenvalue weighted by Gasteiger charge is -2.38. The fourth-order valence-corrected chi connectivity index (χ4v) is 3.91. The van der Waals surface area contributed by atoms with E-state index in [1.165, 1.54) is 77.5 Å². The highest BCUT2D eigenvalue weighted by Crippen LogP contribution is 2.27. The highest BCUT2D eigenvalue weighted by Gasteiger charge is 2.25. The Morgan fingerprint density at radius 1 is 1.11 bits per heavy atom. The van der Waals surface area contributed by atoms with Crippen LogP contribution in [0, 0.1) is 11.8 Å². The van der Waals surface area contributed by atoms with E-state index in [4.69, 9.17) is 0 Å². The van der Waals surface area contributed by atoms with Crippen molar-refractivity contribution in [3.05, 3.63) is 0 Å². The van der Waals surface area contributed by atoms with Crippen molar-refractivity contribution < 1.29 is 0 Å². The largest absolute Gasteiger partial charge is 0.314 e. The fraction of sp³-hybridized carbons (Fsp3) is 1.00. The van der Waals surface area contributed by atoms with E-state index in [1.54, 1.807) is 0 Å². The van der Waals surface area contributed by atoms with Crippen LogP contribution in [0.3, 0.4) is 0 Å². The molecule has 1 heterocycles. The first kappa shape index (κ1) is 15.3. The molecule has 2 unspecified atom stereocenters. The second kappa shape index (κ2) is 8.26. The van der Waals surface area contributed by atoms with Crippen molar-refractivity contribution in [2.45, 2.75) is 71.3 Å². The van der Waals surface area contributed by atoms with Crippen LogP contribution in [-0.4, -0.2) is 37.1 Å². The Labute approximate surface area is 120 Å². The number of hydrogen-bond donors (Lipinski definition) is 1. The zero-order valence-corrected chi connectivity index (χ0v) is 13.2. The smallest absolute Gasteiger partial charge is 0.0117 e. The Morgan fingerprint density at radius 2 is 1.89 bits per heavy atom. The number of rotatable bonds is 6. The van der Waals surface area contributed by atoms with Gasteiger partial charge in [0.2, 0.25) is 0 Å². The molecule has 2 heteroatoms. The highest BCUT2D eigenvalue weighted by molar-refractivity contribution is 4.83. The molecule has 0 aromatic heterocycles. The first-order chi connectivity index (χ1) is 9.29. The van der Waals surface area contributed by atoms with E-state index >= 15 is 0 Å². The summed E-state index contributed by atoms with van der Waals surface area (Å²) in [5.74, 6) is 1.87. The van der Waals surface area contributed by atoms with Gasteiger partial charge in [-0.15, -0.1) is 0 Å². The van der Waals surface area contributed by atoms with E-state index in [9.17, 15) is 0 Å². The maximum Gasteiger partial charge on any atom is 0.0117 e. The second-order valence-corrected chi connectivity index (χ2v) is 6.92. The van der Waals surface area contributed by atoms with Gasteiger partial charge >= 0.3 is 0 Å². The van der Waals surface area contributed by atoms with Gasteiger partial charge in [-0.3, -0.25) is 0 Å². The van der Waals surface area contributed by atoms with Crippen LogP contribution >= 0.6 is 0 Å². The zero-order valence-electron chi connectivity index (χ0n) is 13.2. The lowest BCUT2D eigenvalue weighted by Crippen LogP contribution is -2.48. The molecular formula is C17H34N2. The summed E-state index contributed by atoms with van der Waals surface area (Å²) in [5, 5.41) is 3.72. The van der Waals surface area contributed by atoms with Crippen molar-refractivity contribution in [2.24, 2.45) is 11.8 Å². The summed E-state index contributed by atoms with van der Waals surface area (Å²) in [6, 6.07) is 0.769. The van der Waals surface area contributed by atoms with Crippen molar-refractivity contribution in [1.29, 1.82) is 0 Å². The molecule has 0 bridgehead atoms. The summed E-state index contributed by atoms with van der Waals surface area (Å²) >= 11 is 0. The highest BCUT2D eigenvalue weighted by atomic mass is 15.1. The quantitative estimate of drug-likeness (QED) is 0.789. The number of hydrogen-bond acceptors (Lipinski definition) is 2. The van der Waals surface area contributed by atoms with Gasteiger partial charge in [-0.2, -0.15) is 0 Å². The maximum atomic E-state index is 3.72. The summed E-state index contributed by atoms with van der Waals surface area (Å²) in [4.78, 5) is 2.73. The summed E-state index contributed by atoms with van der Waals surface area (Å²) in [7, 11) is 0. The summed E-state index contributed by atoms with van der Waals surface area (Å²) in [6.45, 7) is 9.87. The van der Waals surface area contributed by atoms with Gasteiger partial charge in [0, 0.05) is 12.6 Å². The van der Waals surface area contributed by atoms with Gasteiger partial charge in [0.25, 0.3) is 0 Å². The SMILES string of the molecule is CCCNC1CCN(CCC2CCCCC2)CC1C. The third-order valence-corrected chi connectivity index (χ3v) is 5.22. The Kier molecular flexibility index (Phi) is 6.66. The van der Waals surface area contributed by atoms with Crippen LogP contribution in [0.2, 0.25) is 0 Å². The molecule has 1 saturated carbocycles. The standard InChI is InChI=1S/C17H34N2/c1-3-11-18-17-10-13-19(14-15(17)2)12-9-16-7-5-4-6-8-16/h15-18H,3-14H2,1-2H3. The van der Waals surface area contributed by atoms with Crippen LogP contribution in [-0.2, 0) is 0 Å². The minimum Gasteiger partial charge on any atom is -0.314 e. The van der Waals surface area contributed by atoms with Crippen LogP contribution in [0.4, 0.5) is 0 Å². The topological polar surface area (TPSA) is 15.3 Å². The van der Waals surface area contributed by atoms with Gasteiger partial charge in [-0.05, 0) is 50.7 Å². The van der Waals surface area contributed by atoms with E-state index in [2.05, 4.69) is 24.1 Å². The van der Waals surface area contributed by atoms with Crippen molar-refractivity contribution in [2.75, 3.05) is 26.2 Å². The normalized spacial score (nSPS) is 30.6. The molecule has 2 aliphatic rings. The molecular weight excluding hydrogens is 232 g/mol. The van der Waals surface area contributed by atoms with Crippen LogP contribution in [0.1, 0.15) is 65.2 Å². The molecule has 2 nitrogen and oxygen atoms in total. The lowest BCUT2D eigenvalue weighted by atomic mass is 9.86. The van der Waals surface area contributed by atoms with E-state index in [1.807, 2.05) is 0 Å². The number of piperidine rings is 1. The molecule has 2 rings (SSSR count). The predicted octanol–water partition coefficient (Wildman–Crippen LogP) is 3.67. The molecule has 0 amide bonds. The van der Waals surface area contributed by atoms with Crippen molar-refractivity contribution >= 4 is 0 Å². The van der Waals surface area contributed by atoms with Gasteiger partial charge in [0.1, 0.15) is 0 Å². The molecule has 0 radical (unpaired) electrons. The average molecular weight is 266 g/mol. The number of likely N-dealkylation sites (tertiary alicyclic amines) is 1. The number of nitrogens with zero attached hydrogens (tertiary/aromatic N) is 1. The maximum absolute atomic E-state index is 3.72. The van der Waals surface area contributed by atoms with Gasteiger partial charge in [-0.1, -0.05) is 46.0 Å². The average Bonchev–Trinajstić information content (AvgIpc) is 2.45. The molecule has 1 N–H and O–H groups in total. The lowest BCUT2D eigenvalue weighted by molar-refractivity contribution is 0.136. The minimum atomic E-state index is 0.769. The molecule has 112 valence electrons. The first-order valence-electron chi connectivity index (χ1n) is 8.75. The minimum absolute atomic E-state index is 0.769. The third kappa shape index (κ3) is 5.07. The van der Waals surface area contributed by atoms with Crippen LogP contribution < -0.4 is 5.32 Å². The monoisotopic (exact) mass is 266 g/mol.